The van der Waals surface area contributed by atoms with E-state index in [1.54, 1.807) is 0 Å². The number of hydrogen-bond acceptors (Lipinski definition) is 4. The van der Waals surface area contributed by atoms with Gasteiger partial charge in [-0.3, -0.25) is 4.79 Å². The standard InChI is InChI=1S/C19H25N3O2/c1-14-16(15(2)24-21-14)13-19(23)20-17-9-5-6-10-18(17)22-11-7-3-4-8-12-22/h5-6,9-10H,3-4,7-8,11-13H2,1-2H3,(H,20,23). The lowest BCUT2D eigenvalue weighted by atomic mass is 10.1. The predicted molar refractivity (Wildman–Crippen MR) is 95.4 cm³/mol. The molecule has 1 aliphatic rings. The summed E-state index contributed by atoms with van der Waals surface area (Å²) in [6, 6.07) is 8.07. The molecule has 1 N–H and O–H groups in total. The largest absolute Gasteiger partial charge is 0.370 e. The van der Waals surface area contributed by atoms with Crippen LogP contribution in [0.2, 0.25) is 0 Å². The molecule has 1 aromatic heterocycles. The van der Waals surface area contributed by atoms with Crippen LogP contribution in [0.15, 0.2) is 28.8 Å². The fraction of sp³-hybridized carbons (Fsp3) is 0.474. The molecule has 0 saturated carbocycles. The number of aromatic nitrogens is 1. The maximum Gasteiger partial charge on any atom is 0.229 e. The van der Waals surface area contributed by atoms with E-state index in [0.717, 1.165) is 35.7 Å². The summed E-state index contributed by atoms with van der Waals surface area (Å²) < 4.78 is 5.14. The number of anilines is 2. The average Bonchev–Trinajstić information content (AvgIpc) is 2.80. The van der Waals surface area contributed by atoms with Gasteiger partial charge in [0.15, 0.2) is 0 Å². The highest BCUT2D eigenvalue weighted by Crippen LogP contribution is 2.28. The van der Waals surface area contributed by atoms with E-state index in [4.69, 9.17) is 4.52 Å². The van der Waals surface area contributed by atoms with Gasteiger partial charge < -0.3 is 14.7 Å². The Balaban J connectivity index is 1.74. The molecule has 1 aliphatic heterocycles. The highest BCUT2D eigenvalue weighted by atomic mass is 16.5. The Kier molecular flexibility index (Phi) is 5.18. The number of nitrogens with one attached hydrogen (secondary N) is 1. The lowest BCUT2D eigenvalue weighted by Gasteiger charge is -2.25. The molecule has 0 spiro atoms. The number of carbonyl (C=O) groups excluding carboxylic acids is 1. The average molecular weight is 327 g/mol. The zero-order chi connectivity index (χ0) is 16.9. The molecule has 1 fully saturated rings. The first-order valence-corrected chi connectivity index (χ1v) is 8.70. The molecule has 5 nitrogen and oxygen atoms in total. The van der Waals surface area contributed by atoms with E-state index >= 15 is 0 Å². The van der Waals surface area contributed by atoms with E-state index in [1.807, 2.05) is 32.0 Å². The third-order valence-corrected chi connectivity index (χ3v) is 4.64. The highest BCUT2D eigenvalue weighted by Gasteiger charge is 2.17. The number of amides is 1. The van der Waals surface area contributed by atoms with Crippen molar-refractivity contribution in [3.63, 3.8) is 0 Å². The Bertz CT molecular complexity index is 681. The van der Waals surface area contributed by atoms with Gasteiger partial charge in [-0.15, -0.1) is 0 Å². The second-order valence-corrected chi connectivity index (χ2v) is 6.45. The zero-order valence-electron chi connectivity index (χ0n) is 14.5. The van der Waals surface area contributed by atoms with Crippen LogP contribution in [-0.4, -0.2) is 24.2 Å². The summed E-state index contributed by atoms with van der Waals surface area (Å²) in [5.74, 6) is 0.676. The molecule has 5 heteroatoms. The Hall–Kier alpha value is -2.30. The summed E-state index contributed by atoms with van der Waals surface area (Å²) in [6.07, 6.45) is 5.28. The van der Waals surface area contributed by atoms with Gasteiger partial charge in [0.25, 0.3) is 0 Å². The van der Waals surface area contributed by atoms with E-state index in [2.05, 4.69) is 21.4 Å². The van der Waals surface area contributed by atoms with Crippen molar-refractivity contribution in [1.29, 1.82) is 0 Å². The monoisotopic (exact) mass is 327 g/mol. The molecule has 2 aromatic rings. The molecule has 24 heavy (non-hydrogen) atoms. The molecule has 0 atom stereocenters. The van der Waals surface area contributed by atoms with Crippen LogP contribution in [0.4, 0.5) is 11.4 Å². The zero-order valence-corrected chi connectivity index (χ0v) is 14.5. The second-order valence-electron chi connectivity index (χ2n) is 6.45. The maximum atomic E-state index is 12.5. The van der Waals surface area contributed by atoms with Crippen molar-refractivity contribution in [3.05, 3.63) is 41.3 Å². The number of para-hydroxylation sites is 2. The van der Waals surface area contributed by atoms with Gasteiger partial charge in [0.1, 0.15) is 5.76 Å². The Morgan fingerprint density at radius 2 is 1.88 bits per heavy atom. The quantitative estimate of drug-likeness (QED) is 0.926. The molecular formula is C19H25N3O2. The van der Waals surface area contributed by atoms with Gasteiger partial charge in [-0.1, -0.05) is 30.1 Å². The van der Waals surface area contributed by atoms with Crippen molar-refractivity contribution in [2.24, 2.45) is 0 Å². The predicted octanol–water partition coefficient (Wildman–Crippen LogP) is 3.85. The van der Waals surface area contributed by atoms with Crippen LogP contribution in [0.3, 0.4) is 0 Å². The van der Waals surface area contributed by atoms with Gasteiger partial charge in [-0.25, -0.2) is 0 Å². The van der Waals surface area contributed by atoms with Crippen LogP contribution < -0.4 is 10.2 Å². The maximum absolute atomic E-state index is 12.5. The molecule has 1 aromatic carbocycles. The first-order valence-electron chi connectivity index (χ1n) is 8.70. The first-order chi connectivity index (χ1) is 11.6. The lowest BCUT2D eigenvalue weighted by molar-refractivity contribution is -0.115. The van der Waals surface area contributed by atoms with Crippen molar-refractivity contribution < 1.29 is 9.32 Å². The summed E-state index contributed by atoms with van der Waals surface area (Å²) in [5.41, 5.74) is 3.66. The lowest BCUT2D eigenvalue weighted by Crippen LogP contribution is -2.26. The number of aryl methyl sites for hydroxylation is 2. The molecule has 1 amide bonds. The van der Waals surface area contributed by atoms with E-state index in [1.165, 1.54) is 25.7 Å². The normalized spacial score (nSPS) is 15.2. The van der Waals surface area contributed by atoms with Crippen molar-refractivity contribution in [2.75, 3.05) is 23.3 Å². The molecule has 128 valence electrons. The molecular weight excluding hydrogens is 302 g/mol. The first kappa shape index (κ1) is 16.6. The molecule has 1 saturated heterocycles. The second kappa shape index (κ2) is 7.51. The van der Waals surface area contributed by atoms with Crippen molar-refractivity contribution in [2.45, 2.75) is 46.0 Å². The third kappa shape index (κ3) is 3.78. The molecule has 3 rings (SSSR count). The van der Waals surface area contributed by atoms with Gasteiger partial charge in [0.2, 0.25) is 5.91 Å². The minimum absolute atomic E-state index is 0.0355. The summed E-state index contributed by atoms with van der Waals surface area (Å²) in [5, 5.41) is 6.99. The van der Waals surface area contributed by atoms with E-state index < -0.39 is 0 Å². The van der Waals surface area contributed by atoms with Crippen LogP contribution in [0.1, 0.15) is 42.7 Å². The topological polar surface area (TPSA) is 58.4 Å². The molecule has 2 heterocycles. The smallest absolute Gasteiger partial charge is 0.229 e. The van der Waals surface area contributed by atoms with Gasteiger partial charge in [0, 0.05) is 18.7 Å². The minimum Gasteiger partial charge on any atom is -0.370 e. The minimum atomic E-state index is -0.0355. The summed E-state index contributed by atoms with van der Waals surface area (Å²) in [7, 11) is 0. The van der Waals surface area contributed by atoms with Gasteiger partial charge in [-0.2, -0.15) is 0 Å². The van der Waals surface area contributed by atoms with Gasteiger partial charge in [0.05, 0.1) is 23.5 Å². The van der Waals surface area contributed by atoms with E-state index in [-0.39, 0.29) is 12.3 Å². The molecule has 0 aliphatic carbocycles. The molecule has 0 unspecified atom stereocenters. The summed E-state index contributed by atoms with van der Waals surface area (Å²) in [6.45, 7) is 5.81. The number of hydrogen-bond donors (Lipinski definition) is 1. The summed E-state index contributed by atoms with van der Waals surface area (Å²) >= 11 is 0. The Morgan fingerprint density at radius 3 is 2.54 bits per heavy atom. The van der Waals surface area contributed by atoms with E-state index in [9.17, 15) is 4.79 Å². The van der Waals surface area contributed by atoms with E-state index in [0.29, 0.717) is 5.76 Å². The Labute approximate surface area is 143 Å². The van der Waals surface area contributed by atoms with Crippen molar-refractivity contribution >= 4 is 17.3 Å². The van der Waals surface area contributed by atoms with Crippen LogP contribution in [0, 0.1) is 13.8 Å². The number of rotatable bonds is 4. The number of benzene rings is 1. The number of nitrogens with zero attached hydrogens (tertiary/aromatic N) is 2. The third-order valence-electron chi connectivity index (χ3n) is 4.64. The fourth-order valence-corrected chi connectivity index (χ4v) is 3.28. The van der Waals surface area contributed by atoms with Crippen LogP contribution in [-0.2, 0) is 11.2 Å². The van der Waals surface area contributed by atoms with Gasteiger partial charge >= 0.3 is 0 Å². The van der Waals surface area contributed by atoms with Crippen LogP contribution in [0.5, 0.6) is 0 Å². The van der Waals surface area contributed by atoms with Crippen molar-refractivity contribution in [3.8, 4) is 0 Å². The summed E-state index contributed by atoms with van der Waals surface area (Å²) in [4.78, 5) is 14.9. The van der Waals surface area contributed by atoms with Crippen molar-refractivity contribution in [1.82, 2.24) is 5.16 Å². The Morgan fingerprint density at radius 1 is 1.17 bits per heavy atom. The number of carbonyl (C=O) groups is 1. The van der Waals surface area contributed by atoms with Crippen LogP contribution in [0.25, 0.3) is 0 Å². The SMILES string of the molecule is Cc1noc(C)c1CC(=O)Nc1ccccc1N1CCCCCC1. The fourth-order valence-electron chi connectivity index (χ4n) is 3.28. The van der Waals surface area contributed by atoms with Gasteiger partial charge in [-0.05, 0) is 38.8 Å². The highest BCUT2D eigenvalue weighted by molar-refractivity contribution is 5.95. The molecule has 0 radical (unpaired) electrons. The molecule has 0 bridgehead atoms. The van der Waals surface area contributed by atoms with Crippen LogP contribution >= 0.6 is 0 Å².